The van der Waals surface area contributed by atoms with Gasteiger partial charge in [0, 0.05) is 57.9 Å². The monoisotopic (exact) mass is 300 g/mol. The van der Waals surface area contributed by atoms with Gasteiger partial charge in [0.15, 0.2) is 0 Å². The van der Waals surface area contributed by atoms with E-state index in [-0.39, 0.29) is 5.75 Å². The molecule has 1 fully saturated rings. The van der Waals surface area contributed by atoms with Crippen molar-refractivity contribution in [2.45, 2.75) is 19.5 Å². The molecule has 0 radical (unpaired) electrons. The standard InChI is InChI=1S/C13H24N4O2S/c1-12-10-16(8-9-20(3,18)19)6-7-17(12)11-13-14-4-5-15(13)2/h4-5,12H,6-11H2,1-3H3. The van der Waals surface area contributed by atoms with E-state index in [0.717, 1.165) is 32.0 Å². The van der Waals surface area contributed by atoms with Crippen LogP contribution in [0.4, 0.5) is 0 Å². The van der Waals surface area contributed by atoms with Gasteiger partial charge in [-0.15, -0.1) is 0 Å². The fraction of sp³-hybridized carbons (Fsp3) is 0.769. The molecule has 0 spiro atoms. The van der Waals surface area contributed by atoms with Crippen LogP contribution in [0.2, 0.25) is 0 Å². The van der Waals surface area contributed by atoms with Crippen LogP contribution in [-0.2, 0) is 23.4 Å². The number of hydrogen-bond donors (Lipinski definition) is 0. The van der Waals surface area contributed by atoms with E-state index >= 15 is 0 Å². The van der Waals surface area contributed by atoms with E-state index in [4.69, 9.17) is 0 Å². The van der Waals surface area contributed by atoms with Gasteiger partial charge in [0.25, 0.3) is 0 Å². The van der Waals surface area contributed by atoms with Crippen LogP contribution in [-0.4, -0.2) is 72.0 Å². The Bertz CT molecular complexity index is 540. The van der Waals surface area contributed by atoms with E-state index in [2.05, 4.69) is 21.7 Å². The van der Waals surface area contributed by atoms with E-state index in [9.17, 15) is 8.42 Å². The lowest BCUT2D eigenvalue weighted by molar-refractivity contribution is 0.0788. The van der Waals surface area contributed by atoms with Crippen molar-refractivity contribution >= 4 is 9.84 Å². The smallest absolute Gasteiger partial charge is 0.148 e. The molecule has 1 atom stereocenters. The molecule has 2 heterocycles. The van der Waals surface area contributed by atoms with Crippen LogP contribution < -0.4 is 0 Å². The van der Waals surface area contributed by atoms with Crippen molar-refractivity contribution in [2.24, 2.45) is 7.05 Å². The molecule has 1 unspecified atom stereocenters. The van der Waals surface area contributed by atoms with Crippen molar-refractivity contribution in [3.05, 3.63) is 18.2 Å². The first kappa shape index (κ1) is 15.5. The zero-order valence-electron chi connectivity index (χ0n) is 12.5. The molecular formula is C13H24N4O2S. The molecule has 20 heavy (non-hydrogen) atoms. The quantitative estimate of drug-likeness (QED) is 0.764. The fourth-order valence-electron chi connectivity index (χ4n) is 2.53. The first-order valence-corrected chi connectivity index (χ1v) is 9.01. The van der Waals surface area contributed by atoms with Crippen LogP contribution in [0.25, 0.3) is 0 Å². The van der Waals surface area contributed by atoms with Gasteiger partial charge in [-0.3, -0.25) is 9.80 Å². The zero-order chi connectivity index (χ0) is 14.8. The van der Waals surface area contributed by atoms with Gasteiger partial charge in [0.2, 0.25) is 0 Å². The molecule has 0 aromatic carbocycles. The Labute approximate surface area is 121 Å². The molecule has 2 rings (SSSR count). The third-order valence-electron chi connectivity index (χ3n) is 3.89. The van der Waals surface area contributed by atoms with Crippen molar-refractivity contribution in [3.8, 4) is 0 Å². The van der Waals surface area contributed by atoms with E-state index in [1.807, 2.05) is 24.0 Å². The Morgan fingerprint density at radius 1 is 1.40 bits per heavy atom. The molecular weight excluding hydrogens is 276 g/mol. The summed E-state index contributed by atoms with van der Waals surface area (Å²) < 4.78 is 24.5. The Morgan fingerprint density at radius 2 is 2.15 bits per heavy atom. The van der Waals surface area contributed by atoms with Crippen LogP contribution in [0.5, 0.6) is 0 Å². The maximum atomic E-state index is 11.2. The topological polar surface area (TPSA) is 58.4 Å². The predicted molar refractivity (Wildman–Crippen MR) is 79.2 cm³/mol. The predicted octanol–water partition coefficient (Wildman–Crippen LogP) is -0.0292. The van der Waals surface area contributed by atoms with E-state index < -0.39 is 9.84 Å². The fourth-order valence-corrected chi connectivity index (χ4v) is 3.12. The number of aryl methyl sites for hydroxylation is 1. The van der Waals surface area contributed by atoms with Crippen LogP contribution >= 0.6 is 0 Å². The number of rotatable bonds is 5. The summed E-state index contributed by atoms with van der Waals surface area (Å²) in [5.74, 6) is 1.32. The van der Waals surface area contributed by atoms with Gasteiger partial charge in [-0.2, -0.15) is 0 Å². The highest BCUT2D eigenvalue weighted by atomic mass is 32.2. The molecule has 0 amide bonds. The molecule has 1 saturated heterocycles. The molecule has 0 saturated carbocycles. The zero-order valence-corrected chi connectivity index (χ0v) is 13.3. The van der Waals surface area contributed by atoms with Crippen LogP contribution in [0.1, 0.15) is 12.7 Å². The summed E-state index contributed by atoms with van der Waals surface area (Å²) in [6.45, 7) is 6.47. The first-order valence-electron chi connectivity index (χ1n) is 6.95. The molecule has 1 aliphatic heterocycles. The third-order valence-corrected chi connectivity index (χ3v) is 4.82. The highest BCUT2D eigenvalue weighted by molar-refractivity contribution is 7.90. The average Bonchev–Trinajstić information content (AvgIpc) is 2.75. The minimum Gasteiger partial charge on any atom is -0.337 e. The summed E-state index contributed by atoms with van der Waals surface area (Å²) in [5.41, 5.74) is 0. The molecule has 0 N–H and O–H groups in total. The highest BCUT2D eigenvalue weighted by Crippen LogP contribution is 2.12. The lowest BCUT2D eigenvalue weighted by atomic mass is 10.2. The summed E-state index contributed by atoms with van der Waals surface area (Å²) in [7, 11) is -0.860. The Morgan fingerprint density at radius 3 is 2.70 bits per heavy atom. The Hall–Kier alpha value is -0.920. The van der Waals surface area contributed by atoms with Crippen LogP contribution in [0.3, 0.4) is 0 Å². The number of imidazole rings is 1. The SMILES string of the molecule is CC1CN(CCS(C)(=O)=O)CCN1Cc1nccn1C. The maximum Gasteiger partial charge on any atom is 0.148 e. The lowest BCUT2D eigenvalue weighted by Gasteiger charge is -2.39. The Balaban J connectivity index is 1.85. The van der Waals surface area contributed by atoms with Crippen molar-refractivity contribution in [1.82, 2.24) is 19.4 Å². The van der Waals surface area contributed by atoms with Gasteiger partial charge >= 0.3 is 0 Å². The molecule has 6 nitrogen and oxygen atoms in total. The number of sulfone groups is 1. The maximum absolute atomic E-state index is 11.2. The van der Waals surface area contributed by atoms with Gasteiger partial charge < -0.3 is 4.57 Å². The average molecular weight is 300 g/mol. The molecule has 1 aromatic heterocycles. The summed E-state index contributed by atoms with van der Waals surface area (Å²) in [6.07, 6.45) is 5.08. The van der Waals surface area contributed by atoms with Crippen molar-refractivity contribution in [1.29, 1.82) is 0 Å². The van der Waals surface area contributed by atoms with E-state index in [0.29, 0.717) is 12.6 Å². The normalized spacial score (nSPS) is 22.2. The summed E-state index contributed by atoms with van der Waals surface area (Å²) in [5, 5.41) is 0. The molecule has 1 aromatic rings. The van der Waals surface area contributed by atoms with Gasteiger partial charge in [0.05, 0.1) is 12.3 Å². The minimum absolute atomic E-state index is 0.249. The second kappa shape index (κ2) is 6.24. The second-order valence-corrected chi connectivity index (χ2v) is 7.96. The van der Waals surface area contributed by atoms with Gasteiger partial charge in [-0.25, -0.2) is 13.4 Å². The number of aromatic nitrogens is 2. The molecule has 0 bridgehead atoms. The summed E-state index contributed by atoms with van der Waals surface area (Å²) >= 11 is 0. The number of piperazine rings is 1. The summed E-state index contributed by atoms with van der Waals surface area (Å²) in [4.78, 5) is 9.00. The van der Waals surface area contributed by atoms with E-state index in [1.165, 1.54) is 6.26 Å². The first-order chi connectivity index (χ1) is 9.35. The van der Waals surface area contributed by atoms with Crippen molar-refractivity contribution in [3.63, 3.8) is 0 Å². The van der Waals surface area contributed by atoms with Gasteiger partial charge in [-0.1, -0.05) is 0 Å². The molecule has 0 aliphatic carbocycles. The highest BCUT2D eigenvalue weighted by Gasteiger charge is 2.24. The number of nitrogens with zero attached hydrogens (tertiary/aromatic N) is 4. The lowest BCUT2D eigenvalue weighted by Crippen LogP contribution is -2.52. The summed E-state index contributed by atoms with van der Waals surface area (Å²) in [6, 6.07) is 0.417. The van der Waals surface area contributed by atoms with Crippen molar-refractivity contribution in [2.75, 3.05) is 38.2 Å². The third kappa shape index (κ3) is 4.29. The van der Waals surface area contributed by atoms with Crippen LogP contribution in [0, 0.1) is 0 Å². The van der Waals surface area contributed by atoms with Crippen molar-refractivity contribution < 1.29 is 8.42 Å². The molecule has 114 valence electrons. The van der Waals surface area contributed by atoms with Gasteiger partial charge in [-0.05, 0) is 6.92 Å². The minimum atomic E-state index is -2.87. The number of hydrogen-bond acceptors (Lipinski definition) is 5. The second-order valence-electron chi connectivity index (χ2n) is 5.70. The Kier molecular flexibility index (Phi) is 4.82. The van der Waals surface area contributed by atoms with Crippen LogP contribution in [0.15, 0.2) is 12.4 Å². The van der Waals surface area contributed by atoms with E-state index in [1.54, 1.807) is 0 Å². The largest absolute Gasteiger partial charge is 0.337 e. The van der Waals surface area contributed by atoms with Gasteiger partial charge in [0.1, 0.15) is 15.7 Å². The molecule has 7 heteroatoms. The molecule has 1 aliphatic rings.